The van der Waals surface area contributed by atoms with Crippen LogP contribution < -0.4 is 10.6 Å². The second-order valence-corrected chi connectivity index (χ2v) is 34.0. The lowest BCUT2D eigenvalue weighted by atomic mass is 9.77. The van der Waals surface area contributed by atoms with E-state index in [4.69, 9.17) is 23.7 Å². The van der Waals surface area contributed by atoms with Gasteiger partial charge in [0.25, 0.3) is 5.92 Å². The van der Waals surface area contributed by atoms with Crippen molar-refractivity contribution in [2.75, 3.05) is 86.4 Å². The van der Waals surface area contributed by atoms with Crippen LogP contribution in [0.5, 0.6) is 0 Å². The summed E-state index contributed by atoms with van der Waals surface area (Å²) in [5.74, 6) is 3.75. The molecule has 8 aliphatic heterocycles. The zero-order valence-electron chi connectivity index (χ0n) is 69.9. The van der Waals surface area contributed by atoms with Gasteiger partial charge < -0.3 is 53.9 Å². The average Bonchev–Trinajstić information content (AvgIpc) is 1.22. The first-order valence-electron chi connectivity index (χ1n) is 40.5. The summed E-state index contributed by atoms with van der Waals surface area (Å²) < 4.78 is 52.1. The van der Waals surface area contributed by atoms with E-state index in [-0.39, 0.29) is 66.5 Å². The number of hydrogen-bond acceptors (Lipinski definition) is 13. The first-order chi connectivity index (χ1) is 47.8. The van der Waals surface area contributed by atoms with Crippen LogP contribution in [0.25, 0.3) is 0 Å². The van der Waals surface area contributed by atoms with Gasteiger partial charge in [0.2, 0.25) is 17.7 Å². The zero-order chi connectivity index (χ0) is 77.2. The van der Waals surface area contributed by atoms with Gasteiger partial charge in [-0.2, -0.15) is 0 Å². The summed E-state index contributed by atoms with van der Waals surface area (Å²) in [4.78, 5) is 60.5. The number of alkyl halides is 2. The molecule has 1 aliphatic carbocycles. The second-order valence-electron chi connectivity index (χ2n) is 34.0. The molecule has 19 heteroatoms. The molecule has 9 aliphatic rings. The number of methoxy groups -OCH3 is 2. The average molecular weight is 1450 g/mol. The smallest absolute Gasteiger partial charge is 0.410 e. The number of fused-ring (bicyclic) bond motifs is 1. The highest BCUT2D eigenvalue weighted by Crippen LogP contribution is 2.40. The molecule has 9 heterocycles. The van der Waals surface area contributed by atoms with Crippen LogP contribution in [0.1, 0.15) is 280 Å². The van der Waals surface area contributed by atoms with E-state index in [1.165, 1.54) is 95.1 Å². The molecule has 0 saturated carbocycles. The predicted molar refractivity (Wildman–Crippen MR) is 416 cm³/mol. The maximum atomic E-state index is 12.5. The van der Waals surface area contributed by atoms with E-state index >= 15 is 0 Å². The van der Waals surface area contributed by atoms with Gasteiger partial charge in [0, 0.05) is 127 Å². The van der Waals surface area contributed by atoms with Gasteiger partial charge in [-0.25, -0.2) is 13.6 Å². The largest absolute Gasteiger partial charge is 0.444 e. The van der Waals surface area contributed by atoms with Gasteiger partial charge in [-0.3, -0.25) is 24.3 Å². The molecular formula is C83H156F2N8O9. The van der Waals surface area contributed by atoms with E-state index in [2.05, 4.69) is 149 Å². The van der Waals surface area contributed by atoms with Crippen molar-refractivity contribution in [3.8, 4) is 0 Å². The molecule has 0 aromatic carbocycles. The Morgan fingerprint density at radius 3 is 1.61 bits per heavy atom. The van der Waals surface area contributed by atoms with Gasteiger partial charge in [0.15, 0.2) is 0 Å². The SMILES string of the molecule is CC(=O)N1CCCC1C(C)C.CC(=O)N1CCOCC1C(C)C.CC(C)C1CC(F)(F)CN1.CC(C)C1CCCN1C(=O)OC(C)(C)C.CC(C)C1CCCNC1=O.CC(C)C1CCCO1.CCN1CCCCC1C(C)C.COC1CCCN1C(C)C.COC1c2cccnc2CCC1C(C)C. The van der Waals surface area contributed by atoms with Crippen LogP contribution in [-0.4, -0.2) is 200 Å². The van der Waals surface area contributed by atoms with Gasteiger partial charge in [-0.15, -0.1) is 0 Å². The Bertz CT molecular complexity index is 2440. The van der Waals surface area contributed by atoms with Crippen LogP contribution in [0.4, 0.5) is 13.6 Å². The summed E-state index contributed by atoms with van der Waals surface area (Å²) in [6.45, 7) is 59.9. The highest BCUT2D eigenvalue weighted by atomic mass is 19.3. The first kappa shape index (κ1) is 94.5. The molecule has 0 spiro atoms. The summed E-state index contributed by atoms with van der Waals surface area (Å²) in [5, 5.41) is 5.67. The minimum absolute atomic E-state index is 0.00463. The minimum atomic E-state index is -2.46. The fraction of sp³-hybridized carbons (Fsp3) is 0.892. The Morgan fingerprint density at radius 1 is 0.627 bits per heavy atom. The van der Waals surface area contributed by atoms with Crippen molar-refractivity contribution >= 4 is 23.8 Å². The number of morpholine rings is 1. The van der Waals surface area contributed by atoms with Crippen LogP contribution in [0.3, 0.4) is 0 Å². The van der Waals surface area contributed by atoms with E-state index in [1.807, 2.05) is 68.7 Å². The van der Waals surface area contributed by atoms with Gasteiger partial charge >= 0.3 is 6.09 Å². The van der Waals surface area contributed by atoms with Crippen molar-refractivity contribution in [3.05, 3.63) is 29.6 Å². The second kappa shape index (κ2) is 48.7. The van der Waals surface area contributed by atoms with Crippen LogP contribution in [0, 0.1) is 59.2 Å². The Morgan fingerprint density at radius 2 is 1.21 bits per heavy atom. The third kappa shape index (κ3) is 34.1. The van der Waals surface area contributed by atoms with E-state index in [0.29, 0.717) is 85.1 Å². The first-order valence-corrected chi connectivity index (χ1v) is 40.5. The number of amides is 4. The van der Waals surface area contributed by atoms with Crippen molar-refractivity contribution in [3.63, 3.8) is 0 Å². The van der Waals surface area contributed by atoms with Crippen molar-refractivity contribution < 1.29 is 51.6 Å². The number of hydrogen-bond donors (Lipinski definition) is 2. The highest BCUT2D eigenvalue weighted by molar-refractivity contribution is 5.79. The molecule has 102 heavy (non-hydrogen) atoms. The Kier molecular flexibility index (Phi) is 45.1. The lowest BCUT2D eigenvalue weighted by molar-refractivity contribution is -0.139. The maximum absolute atomic E-state index is 12.5. The molecule has 0 radical (unpaired) electrons. The van der Waals surface area contributed by atoms with Gasteiger partial charge in [0.05, 0.1) is 38.0 Å². The number of aromatic nitrogens is 1. The molecule has 1 aromatic heterocycles. The number of piperidine rings is 2. The Labute approximate surface area is 623 Å². The number of rotatable bonds is 12. The number of ether oxygens (including phenoxy) is 5. The number of pyridine rings is 1. The third-order valence-corrected chi connectivity index (χ3v) is 21.8. The fourth-order valence-corrected chi connectivity index (χ4v) is 15.6. The minimum Gasteiger partial charge on any atom is -0.444 e. The number of halogens is 2. The summed E-state index contributed by atoms with van der Waals surface area (Å²) in [5.41, 5.74) is 2.13. The fourth-order valence-electron chi connectivity index (χ4n) is 15.6. The summed E-state index contributed by atoms with van der Waals surface area (Å²) in [6.07, 6.45) is 21.3. The normalized spacial score (nSPS) is 26.4. The molecule has 17 nitrogen and oxygen atoms in total. The summed E-state index contributed by atoms with van der Waals surface area (Å²) >= 11 is 0. The standard InChI is InChI=1S/C13H19NO.C12H23NO2.C10H21N.C9H17NO2.C9H17NO.C8H17NO.C8H15NO.C7H13F2N.C7H14O/c1-9(2)10-6-7-12-11(13(10)15-3)5-4-8-14-12;1-9(2)10-7-6-8-13(10)11(14)15-12(3,4)5;1-4-11-8-6-5-7-10(11)9(2)3;1-7(2)9-6-12-5-4-10(9)8(3)11;1-7(2)9-5-4-6-10(9)8(3)11;1-7(2)9-6-4-5-8(9)10-3;1-6(2)7-4-3-5-9-8(7)10;1-5(2)6-3-7(8,9)4-10-6;1-6(2)7-4-3-5-8-7/h4-5,8-10,13H,6-7H2,1-3H3;9-10H,6-8H2,1-5H3;9-10H,4-8H2,1-3H3;7,9H,4-6H2,1-3H3;7,9H,4-6H2,1-3H3;7-8H,4-6H2,1-3H3;6-7H,3-5H2,1-2H3,(H,9,10);5-6,10H,3-4H2,1-2H3;6-7H,3-5H2,1-2H3. The summed E-state index contributed by atoms with van der Waals surface area (Å²) in [6, 6.07) is 6.82. The monoisotopic (exact) mass is 1450 g/mol. The topological polar surface area (TPSA) is 168 Å². The Balaban J connectivity index is 0.000000392. The molecule has 10 atom stereocenters. The molecule has 8 fully saturated rings. The van der Waals surface area contributed by atoms with Crippen molar-refractivity contribution in [2.24, 2.45) is 59.2 Å². The number of carbonyl (C=O) groups excluding carboxylic acids is 4. The van der Waals surface area contributed by atoms with Crippen molar-refractivity contribution in [2.45, 2.75) is 335 Å². The van der Waals surface area contributed by atoms with Gasteiger partial charge in [0.1, 0.15) is 11.8 Å². The lowest BCUT2D eigenvalue weighted by Gasteiger charge is -2.37. The summed E-state index contributed by atoms with van der Waals surface area (Å²) in [7, 11) is 3.60. The quantitative estimate of drug-likeness (QED) is 0.203. The van der Waals surface area contributed by atoms with E-state index in [9.17, 15) is 28.0 Å². The predicted octanol–water partition coefficient (Wildman–Crippen LogP) is 17.2. The van der Waals surface area contributed by atoms with E-state index in [1.54, 1.807) is 21.0 Å². The van der Waals surface area contributed by atoms with Crippen LogP contribution in [0.15, 0.2) is 18.3 Å². The number of nitrogens with one attached hydrogen (secondary N) is 2. The molecule has 596 valence electrons. The number of nitrogens with zero attached hydrogens (tertiary/aromatic N) is 6. The van der Waals surface area contributed by atoms with E-state index < -0.39 is 5.92 Å². The van der Waals surface area contributed by atoms with Crippen molar-refractivity contribution in [1.82, 2.24) is 40.1 Å². The molecule has 2 N–H and O–H groups in total. The molecular weight excluding hydrogens is 1290 g/mol. The molecule has 10 rings (SSSR count). The Hall–Kier alpha value is -3.59. The molecule has 1 aromatic rings. The maximum Gasteiger partial charge on any atom is 0.410 e. The highest BCUT2D eigenvalue weighted by Gasteiger charge is 2.41. The molecule has 4 amide bonds. The lowest BCUT2D eigenvalue weighted by Crippen LogP contribution is -2.50. The van der Waals surface area contributed by atoms with Crippen LogP contribution in [0.2, 0.25) is 0 Å². The van der Waals surface area contributed by atoms with Gasteiger partial charge in [-0.05, 0) is 197 Å². The molecule has 10 unspecified atom stereocenters. The van der Waals surface area contributed by atoms with Crippen molar-refractivity contribution in [1.29, 1.82) is 0 Å². The zero-order valence-corrected chi connectivity index (χ0v) is 69.9. The number of carbonyl (C=O) groups is 4. The van der Waals surface area contributed by atoms with E-state index in [0.717, 1.165) is 82.8 Å². The number of aryl methyl sites for hydroxylation is 1. The molecule has 8 saturated heterocycles. The molecule has 0 bridgehead atoms. The third-order valence-electron chi connectivity index (χ3n) is 21.8. The number of likely N-dealkylation sites (tertiary alicyclic amines) is 4. The van der Waals surface area contributed by atoms with Crippen LogP contribution in [-0.2, 0) is 44.5 Å². The van der Waals surface area contributed by atoms with Gasteiger partial charge in [-0.1, -0.05) is 130 Å². The van der Waals surface area contributed by atoms with Crippen LogP contribution >= 0.6 is 0 Å².